The van der Waals surface area contributed by atoms with E-state index in [0.29, 0.717) is 48.7 Å². The van der Waals surface area contributed by atoms with Gasteiger partial charge in [0.15, 0.2) is 0 Å². The minimum atomic E-state index is -1.18. The summed E-state index contributed by atoms with van der Waals surface area (Å²) in [5.74, 6) is 2.19. The van der Waals surface area contributed by atoms with E-state index in [1.54, 1.807) is 6.33 Å². The second-order valence-electron chi connectivity index (χ2n) is 18.2. The largest absolute Gasteiger partial charge is 0.444 e. The molecule has 3 N–H and O–H groups in total. The number of H-pyrrole nitrogens is 1. The van der Waals surface area contributed by atoms with Crippen molar-refractivity contribution in [2.75, 3.05) is 70.3 Å². The summed E-state index contributed by atoms with van der Waals surface area (Å²) in [4.78, 5) is 62.4. The number of amides is 3. The summed E-state index contributed by atoms with van der Waals surface area (Å²) in [6.45, 7) is 14.1. The van der Waals surface area contributed by atoms with E-state index in [1.807, 2.05) is 57.3 Å². The van der Waals surface area contributed by atoms with Gasteiger partial charge in [0.25, 0.3) is 0 Å². The summed E-state index contributed by atoms with van der Waals surface area (Å²) in [7, 11) is 0. The number of hydrogen-bond acceptors (Lipinski definition) is 9. The van der Waals surface area contributed by atoms with Gasteiger partial charge in [-0.3, -0.25) is 14.5 Å². The maximum Gasteiger partial charge on any atom is 0.408 e. The third kappa shape index (κ3) is 11.0. The number of ether oxygens (including phenoxy) is 1. The quantitative estimate of drug-likeness (QED) is 0.186. The third-order valence-electron chi connectivity index (χ3n) is 12.9. The zero-order chi connectivity index (χ0) is 40.7. The molecule has 1 unspecified atom stereocenters. The number of aromatic amines is 1. The summed E-state index contributed by atoms with van der Waals surface area (Å²) in [6.07, 6.45) is 13.6. The van der Waals surface area contributed by atoms with Crippen molar-refractivity contribution in [1.29, 1.82) is 0 Å². The van der Waals surface area contributed by atoms with Crippen molar-refractivity contribution in [3.05, 3.63) is 53.4 Å². The molecule has 7 rings (SSSR count). The van der Waals surface area contributed by atoms with Crippen LogP contribution in [0.5, 0.6) is 0 Å². The second kappa shape index (κ2) is 19.0. The van der Waals surface area contributed by atoms with Gasteiger partial charge in [-0.2, -0.15) is 0 Å². The number of benzene rings is 1. The standard InChI is InChI=1S/C44H64ClN9O4/c1-43(2,3)58-42(57)50-44(17-23-54(24-18-44)40-36-13-19-46-39(36)47-31-48-40)41(56)49-37(34-9-11-35(45)12-10-34)16-22-51-20-14-33(15-21-51)30-52-25-27-53(28-26-52)38(55)29-32-7-5-4-6-8-32/h9-13,19,31-33,37H,4-8,14-18,20-30H2,1-3H3,(H,49,56)(H,50,57)(H,46,47,48). The highest BCUT2D eigenvalue weighted by Crippen LogP contribution is 2.32. The number of piperidine rings is 2. The number of aromatic nitrogens is 3. The number of halogens is 1. The molecule has 58 heavy (non-hydrogen) atoms. The van der Waals surface area contributed by atoms with Crippen molar-refractivity contribution in [2.24, 2.45) is 11.8 Å². The van der Waals surface area contributed by atoms with Crippen LogP contribution in [0.4, 0.5) is 10.6 Å². The number of carbonyl (C=O) groups excluding carboxylic acids is 3. The zero-order valence-electron chi connectivity index (χ0n) is 34.8. The molecule has 316 valence electrons. The van der Waals surface area contributed by atoms with E-state index in [4.69, 9.17) is 16.3 Å². The van der Waals surface area contributed by atoms with Crippen LogP contribution in [-0.4, -0.2) is 124 Å². The maximum absolute atomic E-state index is 14.6. The monoisotopic (exact) mass is 817 g/mol. The second-order valence-corrected chi connectivity index (χ2v) is 18.6. The molecule has 3 saturated heterocycles. The molecular formula is C44H64ClN9O4. The minimum Gasteiger partial charge on any atom is -0.444 e. The van der Waals surface area contributed by atoms with Crippen molar-refractivity contribution >= 4 is 46.4 Å². The molecule has 2 aromatic heterocycles. The molecule has 14 heteroatoms. The van der Waals surface area contributed by atoms with E-state index in [0.717, 1.165) is 100 Å². The lowest BCUT2D eigenvalue weighted by molar-refractivity contribution is -0.134. The first kappa shape index (κ1) is 42.2. The summed E-state index contributed by atoms with van der Waals surface area (Å²) in [5, 5.41) is 7.98. The average Bonchev–Trinajstić information content (AvgIpc) is 3.70. The molecule has 1 aliphatic carbocycles. The Kier molecular flexibility index (Phi) is 13.8. The molecular weight excluding hydrogens is 754 g/mol. The molecule has 13 nitrogen and oxygen atoms in total. The van der Waals surface area contributed by atoms with E-state index in [2.05, 4.69) is 45.2 Å². The van der Waals surface area contributed by atoms with Crippen LogP contribution in [0.3, 0.4) is 0 Å². The van der Waals surface area contributed by atoms with Crippen LogP contribution in [0.25, 0.3) is 11.0 Å². The van der Waals surface area contributed by atoms with Gasteiger partial charge in [-0.15, -0.1) is 0 Å². The fourth-order valence-electron chi connectivity index (χ4n) is 9.45. The van der Waals surface area contributed by atoms with Gasteiger partial charge in [-0.05, 0) is 114 Å². The molecule has 0 bridgehead atoms. The van der Waals surface area contributed by atoms with Crippen LogP contribution < -0.4 is 15.5 Å². The van der Waals surface area contributed by atoms with Crippen LogP contribution in [0.15, 0.2) is 42.9 Å². The van der Waals surface area contributed by atoms with Crippen molar-refractivity contribution in [3.63, 3.8) is 0 Å². The number of fused-ring (bicyclic) bond motifs is 1. The van der Waals surface area contributed by atoms with Crippen molar-refractivity contribution < 1.29 is 19.1 Å². The first-order valence-electron chi connectivity index (χ1n) is 21.8. The molecule has 0 spiro atoms. The number of nitrogens with one attached hydrogen (secondary N) is 3. The van der Waals surface area contributed by atoms with E-state index < -0.39 is 17.2 Å². The smallest absolute Gasteiger partial charge is 0.408 e. The molecule has 3 aliphatic heterocycles. The van der Waals surface area contributed by atoms with Crippen LogP contribution in [0.1, 0.15) is 103 Å². The Morgan fingerprint density at radius 2 is 1.59 bits per heavy atom. The van der Waals surface area contributed by atoms with Gasteiger partial charge < -0.3 is 35.1 Å². The van der Waals surface area contributed by atoms with E-state index >= 15 is 0 Å². The number of piperazine rings is 1. The van der Waals surface area contributed by atoms with Crippen molar-refractivity contribution in [1.82, 2.24) is 40.3 Å². The van der Waals surface area contributed by atoms with Crippen LogP contribution in [0, 0.1) is 11.8 Å². The van der Waals surface area contributed by atoms with Crippen LogP contribution in [-0.2, 0) is 14.3 Å². The molecule has 3 aromatic rings. The average molecular weight is 819 g/mol. The number of hydrogen-bond donors (Lipinski definition) is 3. The number of anilines is 1. The number of carbonyl (C=O) groups is 3. The Bertz CT molecular complexity index is 1820. The van der Waals surface area contributed by atoms with E-state index in [1.165, 1.54) is 32.1 Å². The maximum atomic E-state index is 14.6. The zero-order valence-corrected chi connectivity index (χ0v) is 35.6. The van der Waals surface area contributed by atoms with Gasteiger partial charge >= 0.3 is 6.09 Å². The molecule has 4 aliphatic rings. The molecule has 4 fully saturated rings. The Labute approximate surface area is 349 Å². The molecule has 1 saturated carbocycles. The van der Waals surface area contributed by atoms with Gasteiger partial charge in [0.2, 0.25) is 11.8 Å². The summed E-state index contributed by atoms with van der Waals surface area (Å²) in [6, 6.07) is 9.38. The van der Waals surface area contributed by atoms with E-state index in [9.17, 15) is 14.4 Å². The first-order chi connectivity index (χ1) is 27.9. The number of alkyl carbamates (subject to hydrolysis) is 1. The highest BCUT2D eigenvalue weighted by atomic mass is 35.5. The minimum absolute atomic E-state index is 0.220. The SMILES string of the molecule is CC(C)(C)OC(=O)NC1(C(=O)NC(CCN2CCC(CN3CCN(C(=O)CC4CCCCC4)CC3)CC2)c2ccc(Cl)cc2)CCN(c2ncnc3[nH]ccc23)CC1. The molecule has 1 aromatic carbocycles. The number of nitrogens with zero attached hydrogens (tertiary/aromatic N) is 6. The molecule has 0 radical (unpaired) electrons. The summed E-state index contributed by atoms with van der Waals surface area (Å²) < 4.78 is 5.69. The highest BCUT2D eigenvalue weighted by molar-refractivity contribution is 6.30. The predicted molar refractivity (Wildman–Crippen MR) is 228 cm³/mol. The van der Waals surface area contributed by atoms with Crippen LogP contribution in [0.2, 0.25) is 5.02 Å². The summed E-state index contributed by atoms with van der Waals surface area (Å²) >= 11 is 6.32. The Hall–Kier alpha value is -3.94. The highest BCUT2D eigenvalue weighted by Gasteiger charge is 2.45. The topological polar surface area (TPSA) is 139 Å². The lowest BCUT2D eigenvalue weighted by Gasteiger charge is -2.42. The molecule has 5 heterocycles. The Balaban J connectivity index is 0.941. The van der Waals surface area contributed by atoms with Crippen molar-refractivity contribution in [3.8, 4) is 0 Å². The molecule has 3 amide bonds. The lowest BCUT2D eigenvalue weighted by atomic mass is 9.85. The predicted octanol–water partition coefficient (Wildman–Crippen LogP) is 6.55. The Morgan fingerprint density at radius 3 is 2.28 bits per heavy atom. The number of likely N-dealkylation sites (tertiary alicyclic amines) is 1. The van der Waals surface area contributed by atoms with E-state index in [-0.39, 0.29) is 11.9 Å². The van der Waals surface area contributed by atoms with Crippen molar-refractivity contribution in [2.45, 2.75) is 109 Å². The fraction of sp³-hybridized carbons (Fsp3) is 0.659. The van der Waals surface area contributed by atoms with Gasteiger partial charge in [0.05, 0.1) is 11.4 Å². The molecule has 1 atom stereocenters. The van der Waals surface area contributed by atoms with Crippen LogP contribution >= 0.6 is 11.6 Å². The first-order valence-corrected chi connectivity index (χ1v) is 22.1. The van der Waals surface area contributed by atoms with Gasteiger partial charge in [-0.25, -0.2) is 14.8 Å². The lowest BCUT2D eigenvalue weighted by Crippen LogP contribution is -2.64. The summed E-state index contributed by atoms with van der Waals surface area (Å²) in [5.41, 5.74) is -0.162. The normalized spacial score (nSPS) is 20.8. The fourth-order valence-corrected chi connectivity index (χ4v) is 9.57. The number of rotatable bonds is 12. The van der Waals surface area contributed by atoms with Gasteiger partial charge in [-0.1, -0.05) is 43.0 Å². The Morgan fingerprint density at radius 1 is 0.879 bits per heavy atom. The van der Waals surface area contributed by atoms with Gasteiger partial charge in [0.1, 0.15) is 28.9 Å². The third-order valence-corrected chi connectivity index (χ3v) is 13.1. The van der Waals surface area contributed by atoms with Gasteiger partial charge in [0, 0.05) is 70.0 Å².